The zero-order valence-corrected chi connectivity index (χ0v) is 13.8. The summed E-state index contributed by atoms with van der Waals surface area (Å²) in [5.41, 5.74) is 0.104. The normalized spacial score (nSPS) is 21.5. The number of likely N-dealkylation sites (tertiary alicyclic amines) is 1. The lowest BCUT2D eigenvalue weighted by Gasteiger charge is -2.38. The van der Waals surface area contributed by atoms with Crippen LogP contribution in [0.4, 0.5) is 0 Å². The number of β-amino-alcohol motifs (C(OH)–C–C–N with tert-alkyl or cyclic N) is 1. The molecule has 1 atom stereocenters. The van der Waals surface area contributed by atoms with Gasteiger partial charge in [-0.2, -0.15) is 4.98 Å². The van der Waals surface area contributed by atoms with Crippen molar-refractivity contribution >= 4 is 0 Å². The van der Waals surface area contributed by atoms with Crippen LogP contribution < -0.4 is 0 Å². The third-order valence-electron chi connectivity index (χ3n) is 4.42. The largest absolute Gasteiger partial charge is 0.387 e. The number of nitrogens with zero attached hydrogens (tertiary/aromatic N) is 6. The van der Waals surface area contributed by atoms with Crippen molar-refractivity contribution in [2.24, 2.45) is 0 Å². The second kappa shape index (κ2) is 6.73. The Kier molecular flexibility index (Phi) is 4.29. The molecule has 0 saturated carbocycles. The van der Waals surface area contributed by atoms with Crippen LogP contribution in [0.2, 0.25) is 0 Å². The molecular formula is C17H20N6O2. The molecule has 0 radical (unpaired) electrons. The van der Waals surface area contributed by atoms with E-state index in [0.29, 0.717) is 31.3 Å². The molecule has 3 aromatic rings. The Morgan fingerprint density at radius 1 is 1.24 bits per heavy atom. The van der Waals surface area contributed by atoms with E-state index in [2.05, 4.69) is 25.4 Å². The minimum absolute atomic E-state index is 0.433. The summed E-state index contributed by atoms with van der Waals surface area (Å²) < 4.78 is 7.05. The summed E-state index contributed by atoms with van der Waals surface area (Å²) in [5, 5.41) is 22.7. The lowest BCUT2D eigenvalue weighted by atomic mass is 9.93. The van der Waals surface area contributed by atoms with Gasteiger partial charge < -0.3 is 9.63 Å². The average Bonchev–Trinajstić information content (AvgIpc) is 3.27. The molecule has 0 spiro atoms. The van der Waals surface area contributed by atoms with E-state index in [1.807, 2.05) is 30.3 Å². The number of piperidine rings is 1. The average molecular weight is 340 g/mol. The van der Waals surface area contributed by atoms with E-state index in [9.17, 15) is 5.11 Å². The van der Waals surface area contributed by atoms with Crippen LogP contribution >= 0.6 is 0 Å². The molecular weight excluding hydrogens is 320 g/mol. The van der Waals surface area contributed by atoms with Crippen molar-refractivity contribution in [2.75, 3.05) is 13.1 Å². The van der Waals surface area contributed by atoms with Gasteiger partial charge in [0.25, 0.3) is 0 Å². The molecule has 2 aromatic heterocycles. The standard InChI is InChI=1S/C17H20N6O2/c24-17(13-23-10-8-18-21-23)7-4-9-22(12-17)11-15-19-16(20-25-15)14-5-2-1-3-6-14/h1-3,5-6,8,10,24H,4,7,9,11-13H2. The van der Waals surface area contributed by atoms with Crippen LogP contribution in [-0.2, 0) is 13.1 Å². The fraction of sp³-hybridized carbons (Fsp3) is 0.412. The molecule has 0 amide bonds. The van der Waals surface area contributed by atoms with Gasteiger partial charge in [-0.15, -0.1) is 5.10 Å². The minimum Gasteiger partial charge on any atom is -0.387 e. The van der Waals surface area contributed by atoms with Crippen LogP contribution in [0.25, 0.3) is 11.4 Å². The Hall–Kier alpha value is -2.58. The fourth-order valence-electron chi connectivity index (χ4n) is 3.30. The molecule has 8 nitrogen and oxygen atoms in total. The van der Waals surface area contributed by atoms with E-state index < -0.39 is 5.60 Å². The van der Waals surface area contributed by atoms with Crippen LogP contribution in [0, 0.1) is 0 Å². The molecule has 4 rings (SSSR count). The van der Waals surface area contributed by atoms with Gasteiger partial charge in [-0.05, 0) is 19.4 Å². The molecule has 25 heavy (non-hydrogen) atoms. The molecule has 8 heteroatoms. The Morgan fingerprint density at radius 2 is 2.12 bits per heavy atom. The maximum absolute atomic E-state index is 10.9. The number of benzene rings is 1. The molecule has 0 bridgehead atoms. The number of hydrogen-bond donors (Lipinski definition) is 1. The Labute approximate surface area is 145 Å². The fourth-order valence-corrected chi connectivity index (χ4v) is 3.30. The van der Waals surface area contributed by atoms with Gasteiger partial charge in [0.05, 0.1) is 24.9 Å². The third-order valence-corrected chi connectivity index (χ3v) is 4.42. The smallest absolute Gasteiger partial charge is 0.241 e. The van der Waals surface area contributed by atoms with Crippen molar-refractivity contribution in [3.8, 4) is 11.4 Å². The molecule has 1 unspecified atom stereocenters. The van der Waals surface area contributed by atoms with Gasteiger partial charge in [0.15, 0.2) is 0 Å². The minimum atomic E-state index is -0.825. The number of rotatable bonds is 5. The lowest BCUT2D eigenvalue weighted by Crippen LogP contribution is -2.50. The monoisotopic (exact) mass is 340 g/mol. The van der Waals surface area contributed by atoms with Gasteiger partial charge in [-0.25, -0.2) is 4.68 Å². The summed E-state index contributed by atoms with van der Waals surface area (Å²) in [6.07, 6.45) is 5.03. The molecule has 1 aliphatic heterocycles. The van der Waals surface area contributed by atoms with E-state index in [1.54, 1.807) is 17.1 Å². The SMILES string of the molecule is OC1(Cn2ccnn2)CCCN(Cc2nc(-c3ccccc3)no2)C1. The van der Waals surface area contributed by atoms with E-state index in [-0.39, 0.29) is 0 Å². The van der Waals surface area contributed by atoms with Crippen LogP contribution in [0.5, 0.6) is 0 Å². The first kappa shape index (κ1) is 15.9. The lowest BCUT2D eigenvalue weighted by molar-refractivity contribution is -0.0498. The van der Waals surface area contributed by atoms with Crippen LogP contribution in [0.1, 0.15) is 18.7 Å². The summed E-state index contributed by atoms with van der Waals surface area (Å²) in [5.74, 6) is 1.15. The predicted octanol–water partition coefficient (Wildman–Crippen LogP) is 1.36. The van der Waals surface area contributed by atoms with Gasteiger partial charge in [0.2, 0.25) is 11.7 Å². The highest BCUT2D eigenvalue weighted by atomic mass is 16.5. The topological polar surface area (TPSA) is 93.1 Å². The zero-order chi connectivity index (χ0) is 17.1. The first-order valence-corrected chi connectivity index (χ1v) is 8.37. The van der Waals surface area contributed by atoms with Crippen LogP contribution in [-0.4, -0.2) is 53.8 Å². The summed E-state index contributed by atoms with van der Waals surface area (Å²) in [6.45, 7) is 2.39. The Morgan fingerprint density at radius 3 is 2.92 bits per heavy atom. The van der Waals surface area contributed by atoms with Crippen LogP contribution in [0.3, 0.4) is 0 Å². The summed E-state index contributed by atoms with van der Waals surface area (Å²) in [6, 6.07) is 9.74. The van der Waals surface area contributed by atoms with Crippen molar-refractivity contribution in [2.45, 2.75) is 31.5 Å². The van der Waals surface area contributed by atoms with Crippen LogP contribution in [0.15, 0.2) is 47.2 Å². The molecule has 3 heterocycles. The first-order valence-electron chi connectivity index (χ1n) is 8.37. The van der Waals surface area contributed by atoms with E-state index >= 15 is 0 Å². The van der Waals surface area contributed by atoms with E-state index in [1.165, 1.54) is 0 Å². The highest BCUT2D eigenvalue weighted by Crippen LogP contribution is 2.24. The van der Waals surface area contributed by atoms with Gasteiger partial charge in [0.1, 0.15) is 0 Å². The maximum atomic E-state index is 10.9. The number of aliphatic hydroxyl groups is 1. The maximum Gasteiger partial charge on any atom is 0.241 e. The summed E-state index contributed by atoms with van der Waals surface area (Å²) in [7, 11) is 0. The quantitative estimate of drug-likeness (QED) is 0.749. The molecule has 1 N–H and O–H groups in total. The van der Waals surface area contributed by atoms with Gasteiger partial charge in [-0.3, -0.25) is 4.90 Å². The Balaban J connectivity index is 1.42. The molecule has 130 valence electrons. The van der Waals surface area contributed by atoms with Crippen molar-refractivity contribution < 1.29 is 9.63 Å². The molecule has 1 aliphatic rings. The summed E-state index contributed by atoms with van der Waals surface area (Å²) in [4.78, 5) is 6.61. The van der Waals surface area contributed by atoms with E-state index in [4.69, 9.17) is 4.52 Å². The molecule has 0 aliphatic carbocycles. The van der Waals surface area contributed by atoms with Crippen molar-refractivity contribution in [3.63, 3.8) is 0 Å². The predicted molar refractivity (Wildman–Crippen MR) is 89.2 cm³/mol. The Bertz CT molecular complexity index is 804. The van der Waals surface area contributed by atoms with Gasteiger partial charge >= 0.3 is 0 Å². The number of hydrogen-bond acceptors (Lipinski definition) is 7. The second-order valence-electron chi connectivity index (χ2n) is 6.52. The molecule has 1 aromatic carbocycles. The zero-order valence-electron chi connectivity index (χ0n) is 13.8. The van der Waals surface area contributed by atoms with Gasteiger partial charge in [0, 0.05) is 18.3 Å². The van der Waals surface area contributed by atoms with Crippen molar-refractivity contribution in [1.29, 1.82) is 0 Å². The van der Waals surface area contributed by atoms with Crippen molar-refractivity contribution in [3.05, 3.63) is 48.6 Å². The summed E-state index contributed by atoms with van der Waals surface area (Å²) >= 11 is 0. The van der Waals surface area contributed by atoms with Gasteiger partial charge in [-0.1, -0.05) is 40.7 Å². The second-order valence-corrected chi connectivity index (χ2v) is 6.52. The molecule has 1 saturated heterocycles. The number of aromatic nitrogens is 5. The van der Waals surface area contributed by atoms with E-state index in [0.717, 1.165) is 24.9 Å². The highest BCUT2D eigenvalue weighted by Gasteiger charge is 2.34. The molecule has 1 fully saturated rings. The third kappa shape index (κ3) is 3.75. The first-order chi connectivity index (χ1) is 12.2. The van der Waals surface area contributed by atoms with Crippen molar-refractivity contribution in [1.82, 2.24) is 30.0 Å². The highest BCUT2D eigenvalue weighted by molar-refractivity contribution is 5.53.